The molecule has 2 unspecified atom stereocenters. The van der Waals surface area contributed by atoms with Gasteiger partial charge in [0.15, 0.2) is 0 Å². The number of nitrogens with zero attached hydrogens (tertiary/aromatic N) is 1. The fourth-order valence-electron chi connectivity index (χ4n) is 2.21. The van der Waals surface area contributed by atoms with Gasteiger partial charge in [0.2, 0.25) is 0 Å². The van der Waals surface area contributed by atoms with Gasteiger partial charge < -0.3 is 10.4 Å². The minimum absolute atomic E-state index is 0.187. The van der Waals surface area contributed by atoms with Crippen LogP contribution in [0.3, 0.4) is 0 Å². The summed E-state index contributed by atoms with van der Waals surface area (Å²) < 4.78 is 0. The summed E-state index contributed by atoms with van der Waals surface area (Å²) in [5.74, 6) is -0.606. The number of carboxylic acid groups (broad SMARTS) is 1. The molecule has 1 aliphatic rings. The highest BCUT2D eigenvalue weighted by Gasteiger charge is 2.29. The molecule has 0 aliphatic heterocycles. The minimum atomic E-state index is -0.665. The van der Waals surface area contributed by atoms with Crippen molar-refractivity contribution in [3.05, 3.63) is 0 Å². The Balaban J connectivity index is 2.30. The van der Waals surface area contributed by atoms with Crippen molar-refractivity contribution in [2.45, 2.75) is 32.1 Å². The van der Waals surface area contributed by atoms with E-state index >= 15 is 0 Å². The molecular formula is C11H18N2O2. The molecule has 2 atom stereocenters. The lowest BCUT2D eigenvalue weighted by molar-refractivity contribution is -0.144. The Labute approximate surface area is 90.3 Å². The molecule has 4 nitrogen and oxygen atoms in total. The summed E-state index contributed by atoms with van der Waals surface area (Å²) in [6, 6.07) is 2.06. The maximum atomic E-state index is 11.0. The summed E-state index contributed by atoms with van der Waals surface area (Å²) in [6.45, 7) is 1.40. The molecule has 84 valence electrons. The van der Waals surface area contributed by atoms with E-state index in [0.717, 1.165) is 32.2 Å². The Morgan fingerprint density at radius 2 is 2.20 bits per heavy atom. The molecule has 0 heterocycles. The molecule has 0 aromatic rings. The van der Waals surface area contributed by atoms with Gasteiger partial charge in [0.1, 0.15) is 0 Å². The third-order valence-corrected chi connectivity index (χ3v) is 3.05. The largest absolute Gasteiger partial charge is 0.481 e. The molecule has 0 radical (unpaired) electrons. The molecule has 0 aromatic heterocycles. The molecule has 0 amide bonds. The van der Waals surface area contributed by atoms with Gasteiger partial charge in [0.25, 0.3) is 0 Å². The van der Waals surface area contributed by atoms with Crippen LogP contribution in [0.1, 0.15) is 32.1 Å². The second-order valence-corrected chi connectivity index (χ2v) is 4.10. The fourth-order valence-corrected chi connectivity index (χ4v) is 2.21. The molecule has 0 spiro atoms. The Morgan fingerprint density at radius 3 is 2.87 bits per heavy atom. The molecule has 0 saturated heterocycles. The van der Waals surface area contributed by atoms with Gasteiger partial charge in [-0.3, -0.25) is 4.79 Å². The van der Waals surface area contributed by atoms with Crippen LogP contribution < -0.4 is 5.32 Å². The summed E-state index contributed by atoms with van der Waals surface area (Å²) in [5, 5.41) is 20.5. The second-order valence-electron chi connectivity index (χ2n) is 4.10. The van der Waals surface area contributed by atoms with E-state index in [0.29, 0.717) is 13.0 Å². The summed E-state index contributed by atoms with van der Waals surface area (Å²) in [5.41, 5.74) is 0. The van der Waals surface area contributed by atoms with Gasteiger partial charge in [-0.05, 0) is 25.3 Å². The van der Waals surface area contributed by atoms with Crippen LogP contribution >= 0.6 is 0 Å². The highest BCUT2D eigenvalue weighted by atomic mass is 16.4. The number of rotatable bonds is 5. The predicted octanol–water partition coefficient (Wildman–Crippen LogP) is 1.38. The van der Waals surface area contributed by atoms with E-state index in [1.54, 1.807) is 0 Å². The summed E-state index contributed by atoms with van der Waals surface area (Å²) in [6.07, 6.45) is 4.46. The molecule has 1 aliphatic carbocycles. The smallest absolute Gasteiger partial charge is 0.306 e. The van der Waals surface area contributed by atoms with Crippen molar-refractivity contribution in [2.24, 2.45) is 11.8 Å². The molecule has 1 rings (SSSR count). The average Bonchev–Trinajstić information content (AvgIpc) is 2.25. The first-order valence-corrected chi connectivity index (χ1v) is 5.56. The molecular weight excluding hydrogens is 192 g/mol. The Bertz CT molecular complexity index is 247. The van der Waals surface area contributed by atoms with Crippen molar-refractivity contribution in [1.82, 2.24) is 5.32 Å². The van der Waals surface area contributed by atoms with Gasteiger partial charge in [0.05, 0.1) is 12.0 Å². The van der Waals surface area contributed by atoms with E-state index in [2.05, 4.69) is 11.4 Å². The van der Waals surface area contributed by atoms with E-state index < -0.39 is 5.97 Å². The average molecular weight is 210 g/mol. The van der Waals surface area contributed by atoms with Gasteiger partial charge in [-0.25, -0.2) is 0 Å². The molecule has 2 N–H and O–H groups in total. The highest BCUT2D eigenvalue weighted by Crippen LogP contribution is 2.29. The molecule has 0 bridgehead atoms. The lowest BCUT2D eigenvalue weighted by Gasteiger charge is -2.28. The zero-order valence-corrected chi connectivity index (χ0v) is 8.91. The van der Waals surface area contributed by atoms with Crippen molar-refractivity contribution >= 4 is 5.97 Å². The summed E-state index contributed by atoms with van der Waals surface area (Å²) in [4.78, 5) is 11.0. The number of nitriles is 1. The number of aliphatic carboxylic acids is 1. The Kier molecular flexibility index (Phi) is 5.13. The number of nitrogens with one attached hydrogen (secondary N) is 1. The van der Waals surface area contributed by atoms with E-state index in [4.69, 9.17) is 10.4 Å². The highest BCUT2D eigenvalue weighted by molar-refractivity contribution is 5.70. The third kappa shape index (κ3) is 3.88. The molecule has 1 fully saturated rings. The first-order chi connectivity index (χ1) is 7.25. The van der Waals surface area contributed by atoms with Crippen molar-refractivity contribution in [1.29, 1.82) is 5.26 Å². The van der Waals surface area contributed by atoms with Crippen LogP contribution in [0.5, 0.6) is 0 Å². The van der Waals surface area contributed by atoms with Crippen LogP contribution in [0.2, 0.25) is 0 Å². The zero-order valence-electron chi connectivity index (χ0n) is 8.91. The van der Waals surface area contributed by atoms with Crippen LogP contribution in [0.25, 0.3) is 0 Å². The van der Waals surface area contributed by atoms with Crippen LogP contribution in [0.15, 0.2) is 0 Å². The topological polar surface area (TPSA) is 73.1 Å². The molecule has 1 saturated carbocycles. The monoisotopic (exact) mass is 210 g/mol. The molecule has 15 heavy (non-hydrogen) atoms. The lowest BCUT2D eigenvalue weighted by Crippen LogP contribution is -2.35. The van der Waals surface area contributed by atoms with Crippen molar-refractivity contribution in [3.8, 4) is 6.07 Å². The van der Waals surface area contributed by atoms with Crippen LogP contribution in [0, 0.1) is 23.2 Å². The number of hydrogen-bond acceptors (Lipinski definition) is 3. The predicted molar refractivity (Wildman–Crippen MR) is 56.2 cm³/mol. The minimum Gasteiger partial charge on any atom is -0.481 e. The first kappa shape index (κ1) is 12.0. The summed E-state index contributed by atoms with van der Waals surface area (Å²) in [7, 11) is 0. The van der Waals surface area contributed by atoms with Gasteiger partial charge in [-0.1, -0.05) is 12.8 Å². The summed E-state index contributed by atoms with van der Waals surface area (Å²) >= 11 is 0. The van der Waals surface area contributed by atoms with Crippen molar-refractivity contribution in [3.63, 3.8) is 0 Å². The van der Waals surface area contributed by atoms with Crippen LogP contribution in [-0.2, 0) is 4.79 Å². The zero-order chi connectivity index (χ0) is 11.1. The van der Waals surface area contributed by atoms with Gasteiger partial charge >= 0.3 is 5.97 Å². The number of carboxylic acids is 1. The standard InChI is InChI=1S/C11H18N2O2/c12-6-3-7-13-8-9-4-1-2-5-10(9)11(14)15/h9-10,13H,1-5,7-8H2,(H,14,15). The van der Waals surface area contributed by atoms with Crippen LogP contribution in [0.4, 0.5) is 0 Å². The fraction of sp³-hybridized carbons (Fsp3) is 0.818. The van der Waals surface area contributed by atoms with E-state index in [1.165, 1.54) is 0 Å². The van der Waals surface area contributed by atoms with E-state index in [9.17, 15) is 4.79 Å². The second kappa shape index (κ2) is 6.41. The first-order valence-electron chi connectivity index (χ1n) is 5.56. The maximum Gasteiger partial charge on any atom is 0.306 e. The normalized spacial score (nSPS) is 25.8. The number of carbonyl (C=O) groups is 1. The SMILES string of the molecule is N#CCCNCC1CCCCC1C(=O)O. The quantitative estimate of drug-likeness (QED) is 0.672. The third-order valence-electron chi connectivity index (χ3n) is 3.05. The number of hydrogen-bond donors (Lipinski definition) is 2. The molecule has 4 heteroatoms. The van der Waals surface area contributed by atoms with E-state index in [1.807, 2.05) is 0 Å². The van der Waals surface area contributed by atoms with Crippen molar-refractivity contribution < 1.29 is 9.90 Å². The van der Waals surface area contributed by atoms with Crippen molar-refractivity contribution in [2.75, 3.05) is 13.1 Å². The maximum absolute atomic E-state index is 11.0. The Hall–Kier alpha value is -1.08. The van der Waals surface area contributed by atoms with Gasteiger partial charge in [-0.15, -0.1) is 0 Å². The molecule has 0 aromatic carbocycles. The lowest BCUT2D eigenvalue weighted by atomic mass is 9.79. The van der Waals surface area contributed by atoms with E-state index in [-0.39, 0.29) is 11.8 Å². The van der Waals surface area contributed by atoms with Gasteiger partial charge in [0, 0.05) is 13.0 Å². The van der Waals surface area contributed by atoms with Crippen LogP contribution in [-0.4, -0.2) is 24.2 Å². The Morgan fingerprint density at radius 1 is 1.47 bits per heavy atom. The van der Waals surface area contributed by atoms with Gasteiger partial charge in [-0.2, -0.15) is 5.26 Å².